The van der Waals surface area contributed by atoms with Crippen molar-refractivity contribution in [3.63, 3.8) is 0 Å². The van der Waals surface area contributed by atoms with E-state index >= 15 is 0 Å². The van der Waals surface area contributed by atoms with Crippen molar-refractivity contribution in [1.82, 2.24) is 0 Å². The Kier molecular flexibility index (Phi) is 34.0. The molecular formula is C56H96O4. The van der Waals surface area contributed by atoms with Gasteiger partial charge >= 0.3 is 0 Å². The van der Waals surface area contributed by atoms with E-state index in [-0.39, 0.29) is 0 Å². The minimum Gasteiger partial charge on any atom is -0.493 e. The monoisotopic (exact) mass is 833 g/mol. The highest BCUT2D eigenvalue weighted by molar-refractivity contribution is 5.77. The van der Waals surface area contributed by atoms with Crippen LogP contribution in [0.15, 0.2) is 24.3 Å². The van der Waals surface area contributed by atoms with Crippen LogP contribution in [0.2, 0.25) is 0 Å². The lowest BCUT2D eigenvalue weighted by molar-refractivity contribution is 0.294. The number of hydrogen-bond acceptors (Lipinski definition) is 4. The zero-order valence-corrected chi connectivity index (χ0v) is 40.6. The fourth-order valence-electron chi connectivity index (χ4n) is 8.03. The van der Waals surface area contributed by atoms with Gasteiger partial charge in [-0.15, -0.1) is 0 Å². The Hall–Kier alpha value is -2.62. The van der Waals surface area contributed by atoms with E-state index in [9.17, 15) is 0 Å². The van der Waals surface area contributed by atoms with Gasteiger partial charge in [-0.25, -0.2) is 0 Å². The third kappa shape index (κ3) is 26.7. The molecule has 0 atom stereocenters. The minimum absolute atomic E-state index is 0.738. The van der Waals surface area contributed by atoms with E-state index in [4.69, 9.17) is 18.9 Å². The smallest absolute Gasteiger partial charge is 0.127 e. The number of ether oxygens (including phenoxy) is 4. The van der Waals surface area contributed by atoms with Gasteiger partial charge in [0.2, 0.25) is 0 Å². The summed E-state index contributed by atoms with van der Waals surface area (Å²) in [5.41, 5.74) is 4.39. The first-order chi connectivity index (χ1) is 29.5. The van der Waals surface area contributed by atoms with Gasteiger partial charge in [-0.1, -0.05) is 220 Å². The van der Waals surface area contributed by atoms with Crippen LogP contribution >= 0.6 is 0 Å². The maximum atomic E-state index is 6.56. The highest BCUT2D eigenvalue weighted by Gasteiger charge is 2.12. The van der Waals surface area contributed by atoms with Crippen molar-refractivity contribution in [3.8, 4) is 23.0 Å². The molecule has 60 heavy (non-hydrogen) atoms. The predicted octanol–water partition coefficient (Wildman–Crippen LogP) is 18.6. The van der Waals surface area contributed by atoms with Gasteiger partial charge in [-0.2, -0.15) is 0 Å². The molecule has 0 aliphatic rings. The first-order valence-corrected chi connectivity index (χ1v) is 26.0. The molecular weight excluding hydrogens is 737 g/mol. The van der Waals surface area contributed by atoms with E-state index in [1.807, 2.05) is 0 Å². The summed E-state index contributed by atoms with van der Waals surface area (Å²) in [6, 6.07) is 8.80. The molecule has 344 valence electrons. The number of hydrogen-bond donors (Lipinski definition) is 0. The summed E-state index contributed by atoms with van der Waals surface area (Å²) in [5, 5.41) is 0. The van der Waals surface area contributed by atoms with Crippen LogP contribution in [0, 0.1) is 13.8 Å². The summed E-state index contributed by atoms with van der Waals surface area (Å²) in [5.74, 6) is 3.79. The summed E-state index contributed by atoms with van der Waals surface area (Å²) in [6.45, 7) is 16.5. The molecule has 0 fully saturated rings. The average molecular weight is 833 g/mol. The van der Waals surface area contributed by atoms with Crippen LogP contribution in [-0.2, 0) is 0 Å². The minimum atomic E-state index is 0.738. The zero-order chi connectivity index (χ0) is 43.1. The van der Waals surface area contributed by atoms with Crippen LogP contribution < -0.4 is 18.9 Å². The molecule has 0 aromatic heterocycles. The predicted molar refractivity (Wildman–Crippen MR) is 264 cm³/mol. The molecule has 0 aliphatic heterocycles. The molecule has 0 aliphatic carbocycles. The third-order valence-corrected chi connectivity index (χ3v) is 12.1. The second-order valence-corrected chi connectivity index (χ2v) is 17.9. The highest BCUT2D eigenvalue weighted by atomic mass is 16.5. The van der Waals surface area contributed by atoms with E-state index in [0.717, 1.165) is 97.4 Å². The largest absolute Gasteiger partial charge is 0.493 e. The van der Waals surface area contributed by atoms with Gasteiger partial charge in [0.25, 0.3) is 0 Å². The first kappa shape index (κ1) is 53.5. The maximum Gasteiger partial charge on any atom is 0.127 e. The van der Waals surface area contributed by atoms with Crippen molar-refractivity contribution in [2.75, 3.05) is 26.4 Å². The molecule has 0 N–H and O–H groups in total. The molecule has 0 radical (unpaired) electrons. The van der Waals surface area contributed by atoms with E-state index in [1.54, 1.807) is 0 Å². The molecule has 4 nitrogen and oxygen atoms in total. The van der Waals surface area contributed by atoms with E-state index in [0.29, 0.717) is 0 Å². The Morgan fingerprint density at radius 1 is 0.283 bits per heavy atom. The van der Waals surface area contributed by atoms with E-state index in [2.05, 4.69) is 78.0 Å². The number of benzene rings is 2. The summed E-state index contributed by atoms with van der Waals surface area (Å²) in [6.07, 6.45) is 45.9. The molecule has 0 bridgehead atoms. The van der Waals surface area contributed by atoms with Crippen LogP contribution in [0.4, 0.5) is 0 Å². The van der Waals surface area contributed by atoms with Crippen molar-refractivity contribution in [1.29, 1.82) is 0 Å². The van der Waals surface area contributed by atoms with Crippen LogP contribution in [0.5, 0.6) is 23.0 Å². The Morgan fingerprint density at radius 2 is 0.500 bits per heavy atom. The Balaban J connectivity index is 2.20. The van der Waals surface area contributed by atoms with Gasteiger partial charge in [-0.05, 0) is 74.9 Å². The topological polar surface area (TPSA) is 36.9 Å². The zero-order valence-electron chi connectivity index (χ0n) is 40.6. The molecule has 0 spiro atoms. The molecule has 0 saturated carbocycles. The van der Waals surface area contributed by atoms with E-state index < -0.39 is 0 Å². The van der Waals surface area contributed by atoms with Gasteiger partial charge in [-0.3, -0.25) is 0 Å². The van der Waals surface area contributed by atoms with Gasteiger partial charge in [0.05, 0.1) is 26.4 Å². The van der Waals surface area contributed by atoms with Crippen LogP contribution in [-0.4, -0.2) is 26.4 Å². The van der Waals surface area contributed by atoms with Gasteiger partial charge < -0.3 is 18.9 Å². The van der Waals surface area contributed by atoms with Gasteiger partial charge in [0.15, 0.2) is 0 Å². The Bertz CT molecular complexity index is 1220. The standard InChI is InChI=1S/C56H96O4/c1-7-11-15-19-23-27-31-35-41-57-53-47-51(55(45-49(53)5)59-43-37-33-29-25-21-17-13-9-3)39-40-52-48-54(58-42-36-32-28-24-20-16-12-8-2)50(6)46-56(52)60-44-38-34-30-26-22-18-14-10-4/h39-40,45-48H,7-38,41-44H2,1-6H3/b40-39+. The van der Waals surface area contributed by atoms with Crippen LogP contribution in [0.1, 0.15) is 255 Å². The summed E-state index contributed by atoms with van der Waals surface area (Å²) in [4.78, 5) is 0. The summed E-state index contributed by atoms with van der Waals surface area (Å²) < 4.78 is 26.0. The lowest BCUT2D eigenvalue weighted by atomic mass is 10.0. The number of rotatable bonds is 42. The van der Waals surface area contributed by atoms with Crippen molar-refractivity contribution in [2.24, 2.45) is 0 Å². The first-order valence-electron chi connectivity index (χ1n) is 26.0. The van der Waals surface area contributed by atoms with Crippen molar-refractivity contribution >= 4 is 12.2 Å². The summed E-state index contributed by atoms with van der Waals surface area (Å²) >= 11 is 0. The van der Waals surface area contributed by atoms with Crippen LogP contribution in [0.3, 0.4) is 0 Å². The fraction of sp³-hybridized carbons (Fsp3) is 0.750. The summed E-state index contributed by atoms with van der Waals surface area (Å²) in [7, 11) is 0. The van der Waals surface area contributed by atoms with Gasteiger partial charge in [0.1, 0.15) is 23.0 Å². The lowest BCUT2D eigenvalue weighted by Gasteiger charge is -2.16. The van der Waals surface area contributed by atoms with Gasteiger partial charge in [0, 0.05) is 11.1 Å². The second-order valence-electron chi connectivity index (χ2n) is 17.9. The molecule has 0 heterocycles. The van der Waals surface area contributed by atoms with E-state index in [1.165, 1.54) is 180 Å². The molecule has 0 unspecified atom stereocenters. The fourth-order valence-corrected chi connectivity index (χ4v) is 8.03. The molecule has 0 amide bonds. The average Bonchev–Trinajstić information content (AvgIpc) is 3.25. The quantitative estimate of drug-likeness (QED) is 0.0493. The number of aryl methyl sites for hydroxylation is 2. The molecule has 2 aromatic carbocycles. The lowest BCUT2D eigenvalue weighted by Crippen LogP contribution is -2.03. The molecule has 4 heteroatoms. The van der Waals surface area contributed by atoms with Crippen LogP contribution in [0.25, 0.3) is 12.2 Å². The maximum absolute atomic E-state index is 6.56. The second kappa shape index (κ2) is 38.1. The molecule has 2 rings (SSSR count). The number of unbranched alkanes of at least 4 members (excludes halogenated alkanes) is 28. The normalized spacial score (nSPS) is 11.5. The van der Waals surface area contributed by atoms with Crippen molar-refractivity contribution < 1.29 is 18.9 Å². The Labute approximate surface area is 372 Å². The highest BCUT2D eigenvalue weighted by Crippen LogP contribution is 2.34. The third-order valence-electron chi connectivity index (χ3n) is 12.1. The SMILES string of the molecule is CCCCCCCCCCOc1cc(/C=C/c2cc(OCCCCCCCCCC)c(C)cc2OCCCCCCCCCC)c(OCCCCCCCCCC)cc1C. The van der Waals surface area contributed by atoms with Crippen molar-refractivity contribution in [3.05, 3.63) is 46.5 Å². The molecule has 0 saturated heterocycles. The van der Waals surface area contributed by atoms with Crippen molar-refractivity contribution in [2.45, 2.75) is 247 Å². The Morgan fingerprint density at radius 3 is 0.750 bits per heavy atom. The molecule has 2 aromatic rings.